The van der Waals surface area contributed by atoms with Crippen molar-refractivity contribution in [3.63, 3.8) is 0 Å². The Balaban J connectivity index is 1.43. The van der Waals surface area contributed by atoms with Crippen molar-refractivity contribution in [1.82, 2.24) is 4.90 Å². The number of anilines is 1. The summed E-state index contributed by atoms with van der Waals surface area (Å²) in [6, 6.07) is 14.3. The van der Waals surface area contributed by atoms with Crippen LogP contribution in [0.1, 0.15) is 109 Å². The number of hydrogen-bond donors (Lipinski definition) is 0. The number of rotatable bonds is 20. The van der Waals surface area contributed by atoms with Crippen molar-refractivity contribution < 1.29 is 14.3 Å². The van der Waals surface area contributed by atoms with Gasteiger partial charge in [0.05, 0.1) is 26.1 Å². The fraction of sp³-hybridized carbons (Fsp3) is 0.571. The van der Waals surface area contributed by atoms with Gasteiger partial charge in [-0.1, -0.05) is 95.8 Å². The molecule has 0 fully saturated rings. The Bertz CT molecular complexity index is 1090. The van der Waals surface area contributed by atoms with Gasteiger partial charge in [0.25, 0.3) is 0 Å². The van der Waals surface area contributed by atoms with Gasteiger partial charge >= 0.3 is 0 Å². The Morgan fingerprint density at radius 1 is 0.878 bits per heavy atom. The molecule has 0 saturated heterocycles. The summed E-state index contributed by atoms with van der Waals surface area (Å²) >= 11 is 1.86. The van der Waals surface area contributed by atoms with E-state index in [1.807, 2.05) is 47.0 Å². The van der Waals surface area contributed by atoms with Gasteiger partial charge in [-0.25, -0.2) is 0 Å². The number of carbonyl (C=O) groups is 1. The van der Waals surface area contributed by atoms with E-state index in [-0.39, 0.29) is 5.91 Å². The highest BCUT2D eigenvalue weighted by molar-refractivity contribution is 8.03. The molecule has 41 heavy (non-hydrogen) atoms. The van der Waals surface area contributed by atoms with E-state index in [1.54, 1.807) is 14.0 Å². The Hall–Kier alpha value is -2.60. The second-order valence-electron chi connectivity index (χ2n) is 11.3. The minimum absolute atomic E-state index is 0.0147. The smallest absolute Gasteiger partial charge is 0.224 e. The lowest BCUT2D eigenvalue weighted by Crippen LogP contribution is -2.28. The van der Waals surface area contributed by atoms with Crippen LogP contribution in [0.3, 0.4) is 0 Å². The van der Waals surface area contributed by atoms with Crippen molar-refractivity contribution >= 4 is 23.4 Å². The summed E-state index contributed by atoms with van der Waals surface area (Å²) in [5.74, 6) is 2.47. The molecule has 226 valence electrons. The van der Waals surface area contributed by atoms with Crippen LogP contribution in [0.5, 0.6) is 11.5 Å². The van der Waals surface area contributed by atoms with E-state index in [0.29, 0.717) is 18.9 Å². The average Bonchev–Trinajstić information content (AvgIpc) is 3.38. The second-order valence-corrected chi connectivity index (χ2v) is 12.4. The van der Waals surface area contributed by atoms with Gasteiger partial charge in [0, 0.05) is 25.4 Å². The minimum Gasteiger partial charge on any atom is -0.493 e. The number of carbonyl (C=O) groups excluding carboxylic acids is 1. The Morgan fingerprint density at radius 2 is 1.56 bits per heavy atom. The molecular formula is C35H52N2O3S. The predicted molar refractivity (Wildman–Crippen MR) is 175 cm³/mol. The maximum Gasteiger partial charge on any atom is 0.224 e. The van der Waals surface area contributed by atoms with Crippen LogP contribution < -0.4 is 14.4 Å². The summed E-state index contributed by atoms with van der Waals surface area (Å²) < 4.78 is 11.7. The molecule has 6 heteroatoms. The zero-order chi connectivity index (χ0) is 29.3. The first kappa shape index (κ1) is 32.9. The van der Waals surface area contributed by atoms with Gasteiger partial charge in [-0.15, -0.1) is 11.8 Å². The average molecular weight is 581 g/mol. The summed E-state index contributed by atoms with van der Waals surface area (Å²) in [6.45, 7) is 8.05. The van der Waals surface area contributed by atoms with Crippen LogP contribution in [0.2, 0.25) is 0 Å². The molecule has 2 aromatic rings. The topological polar surface area (TPSA) is 42.0 Å². The third kappa shape index (κ3) is 12.0. The highest BCUT2D eigenvalue weighted by atomic mass is 32.2. The molecule has 0 bridgehead atoms. The van der Waals surface area contributed by atoms with Crippen LogP contribution >= 0.6 is 11.8 Å². The third-order valence-electron chi connectivity index (χ3n) is 7.63. The van der Waals surface area contributed by atoms with Crippen molar-refractivity contribution in [3.8, 4) is 11.5 Å². The molecule has 0 aliphatic carbocycles. The largest absolute Gasteiger partial charge is 0.493 e. The van der Waals surface area contributed by atoms with Crippen LogP contribution in [-0.4, -0.2) is 30.4 Å². The predicted octanol–water partition coefficient (Wildman–Crippen LogP) is 9.70. The summed E-state index contributed by atoms with van der Waals surface area (Å²) in [4.78, 5) is 18.1. The van der Waals surface area contributed by atoms with Crippen LogP contribution in [0.4, 0.5) is 5.69 Å². The molecule has 0 radical (unpaired) electrons. The molecule has 2 aromatic carbocycles. The van der Waals surface area contributed by atoms with Gasteiger partial charge in [0.2, 0.25) is 5.91 Å². The molecule has 0 aromatic heterocycles. The number of nitrogens with zero attached hydrogens (tertiary/aromatic N) is 2. The maximum atomic E-state index is 12.7. The van der Waals surface area contributed by atoms with E-state index in [4.69, 9.17) is 9.47 Å². The number of allylic oxidation sites excluding steroid dienone is 1. The lowest BCUT2D eigenvalue weighted by atomic mass is 10.1. The van der Waals surface area contributed by atoms with E-state index in [9.17, 15) is 4.79 Å². The van der Waals surface area contributed by atoms with Gasteiger partial charge in [0.1, 0.15) is 0 Å². The molecule has 0 atom stereocenters. The number of benzene rings is 2. The van der Waals surface area contributed by atoms with Crippen LogP contribution in [0.15, 0.2) is 53.6 Å². The van der Waals surface area contributed by atoms with Crippen molar-refractivity contribution in [2.75, 3.05) is 24.5 Å². The molecule has 5 nitrogen and oxygen atoms in total. The van der Waals surface area contributed by atoms with Gasteiger partial charge in [0.15, 0.2) is 11.5 Å². The van der Waals surface area contributed by atoms with Crippen molar-refractivity contribution in [3.05, 3.63) is 64.7 Å². The number of ether oxygens (including phenoxy) is 2. The van der Waals surface area contributed by atoms with Crippen LogP contribution in [0.25, 0.3) is 0 Å². The Kier molecular flexibility index (Phi) is 15.1. The monoisotopic (exact) mass is 580 g/mol. The first-order chi connectivity index (χ1) is 20.0. The zero-order valence-electron chi connectivity index (χ0n) is 26.0. The van der Waals surface area contributed by atoms with E-state index in [1.165, 1.54) is 81.1 Å². The van der Waals surface area contributed by atoms with Crippen LogP contribution in [0, 0.1) is 0 Å². The first-order valence-electron chi connectivity index (χ1n) is 15.7. The number of hydrogen-bond acceptors (Lipinski definition) is 5. The minimum atomic E-state index is 0.0147. The standard InChI is InChI=1S/C35H52N2O3S/c1-5-6-7-8-9-10-11-12-13-14-15-16-22-40-34-21-20-32(24-35(34)39-4)27-37(30(3)38)33-19-17-18-31(23-33)26-36-25-29(2)41-28-36/h17-21,23-25H,5-16,22,26-28H2,1-4H3. The van der Waals surface area contributed by atoms with E-state index < -0.39 is 0 Å². The number of thioether (sulfide) groups is 1. The molecular weight excluding hydrogens is 528 g/mol. The quantitative estimate of drug-likeness (QED) is 0.146. The molecule has 1 amide bonds. The molecule has 0 spiro atoms. The molecule has 1 heterocycles. The summed E-state index contributed by atoms with van der Waals surface area (Å²) in [6.07, 6.45) is 18.2. The van der Waals surface area contributed by atoms with E-state index >= 15 is 0 Å². The van der Waals surface area contributed by atoms with Gasteiger partial charge in [-0.05, 0) is 53.6 Å². The lowest BCUT2D eigenvalue weighted by molar-refractivity contribution is -0.116. The highest BCUT2D eigenvalue weighted by Gasteiger charge is 2.16. The van der Waals surface area contributed by atoms with Crippen molar-refractivity contribution in [1.29, 1.82) is 0 Å². The lowest BCUT2D eigenvalue weighted by Gasteiger charge is -2.23. The number of unbranched alkanes of at least 4 members (excludes halogenated alkanes) is 11. The summed E-state index contributed by atoms with van der Waals surface area (Å²) in [5, 5.41) is 0. The molecule has 0 unspecified atom stereocenters. The van der Waals surface area contributed by atoms with Crippen molar-refractivity contribution in [2.45, 2.75) is 111 Å². The van der Waals surface area contributed by atoms with Gasteiger partial charge < -0.3 is 19.3 Å². The first-order valence-corrected chi connectivity index (χ1v) is 16.7. The molecule has 1 aliphatic rings. The fourth-order valence-electron chi connectivity index (χ4n) is 5.29. The van der Waals surface area contributed by atoms with Crippen LogP contribution in [-0.2, 0) is 17.9 Å². The van der Waals surface area contributed by atoms with Crippen molar-refractivity contribution in [2.24, 2.45) is 0 Å². The molecule has 3 rings (SSSR count). The van der Waals surface area contributed by atoms with Gasteiger partial charge in [-0.2, -0.15) is 0 Å². The Labute approximate surface area is 253 Å². The Morgan fingerprint density at radius 3 is 2.17 bits per heavy atom. The second kappa shape index (κ2) is 18.8. The summed E-state index contributed by atoms with van der Waals surface area (Å²) in [5.41, 5.74) is 3.11. The zero-order valence-corrected chi connectivity index (χ0v) is 26.8. The molecule has 0 saturated carbocycles. The third-order valence-corrected chi connectivity index (χ3v) is 8.66. The normalized spacial score (nSPS) is 12.9. The number of amides is 1. The fourth-order valence-corrected chi connectivity index (χ4v) is 6.05. The molecule has 1 aliphatic heterocycles. The number of methoxy groups -OCH3 is 1. The SMILES string of the molecule is CCCCCCCCCCCCCCOc1ccc(CN(C(C)=O)c2cccc(CN3C=C(C)SC3)c2)cc1OC. The highest BCUT2D eigenvalue weighted by Crippen LogP contribution is 2.31. The van der Waals surface area contributed by atoms with Gasteiger partial charge in [-0.3, -0.25) is 4.79 Å². The maximum absolute atomic E-state index is 12.7. The van der Waals surface area contributed by atoms with E-state index in [0.717, 1.165) is 35.8 Å². The summed E-state index contributed by atoms with van der Waals surface area (Å²) in [7, 11) is 1.68. The van der Waals surface area contributed by atoms with E-state index in [2.05, 4.69) is 37.1 Å². The molecule has 0 N–H and O–H groups in total.